The third-order valence-corrected chi connectivity index (χ3v) is 4.10. The lowest BCUT2D eigenvalue weighted by atomic mass is 9.80. The molecule has 0 radical (unpaired) electrons. The first-order valence-corrected chi connectivity index (χ1v) is 8.10. The van der Waals surface area contributed by atoms with Crippen LogP contribution in [-0.4, -0.2) is 38.4 Å². The maximum absolute atomic E-state index is 11.6. The Kier molecular flexibility index (Phi) is 4.94. The Morgan fingerprint density at radius 2 is 1.88 bits per heavy atom. The molecule has 1 saturated carbocycles. The fourth-order valence-electron chi connectivity index (χ4n) is 2.19. The van der Waals surface area contributed by atoms with Gasteiger partial charge in [0, 0.05) is 24.8 Å². The van der Waals surface area contributed by atoms with Crippen molar-refractivity contribution in [3.05, 3.63) is 0 Å². The van der Waals surface area contributed by atoms with E-state index in [4.69, 9.17) is 5.73 Å². The maximum atomic E-state index is 11.6. The molecule has 0 aromatic heterocycles. The minimum atomic E-state index is -3.01. The molecule has 6 heteroatoms. The summed E-state index contributed by atoms with van der Waals surface area (Å²) in [6.07, 6.45) is 6.56. The van der Waals surface area contributed by atoms with Gasteiger partial charge in [0.2, 0.25) is 5.91 Å². The minimum absolute atomic E-state index is 0.0175. The molecule has 100 valence electrons. The van der Waals surface area contributed by atoms with Gasteiger partial charge in [0.05, 0.1) is 5.75 Å². The second kappa shape index (κ2) is 5.82. The van der Waals surface area contributed by atoms with Crippen molar-refractivity contribution in [1.29, 1.82) is 0 Å². The van der Waals surface area contributed by atoms with E-state index in [1.807, 2.05) is 0 Å². The predicted molar refractivity (Wildman–Crippen MR) is 67.3 cm³/mol. The average Bonchev–Trinajstić information content (AvgIpc) is 2.15. The number of sulfone groups is 1. The summed E-state index contributed by atoms with van der Waals surface area (Å²) in [5.74, 6) is -0.158. The monoisotopic (exact) mass is 262 g/mol. The number of carbonyl (C=O) groups excluding carboxylic acids is 1. The molecule has 0 bridgehead atoms. The van der Waals surface area contributed by atoms with Crippen molar-refractivity contribution in [3.8, 4) is 0 Å². The third kappa shape index (κ3) is 6.02. The molecule has 0 unspecified atom stereocenters. The first-order valence-electron chi connectivity index (χ1n) is 6.04. The first-order chi connectivity index (χ1) is 7.81. The Hall–Kier alpha value is -0.620. The van der Waals surface area contributed by atoms with Crippen LogP contribution >= 0.6 is 0 Å². The largest absolute Gasteiger partial charge is 0.355 e. The van der Waals surface area contributed by atoms with Gasteiger partial charge in [0.25, 0.3) is 0 Å². The van der Waals surface area contributed by atoms with E-state index in [-0.39, 0.29) is 23.7 Å². The predicted octanol–water partition coefficient (Wildman–Crippen LogP) is 0.199. The molecule has 1 fully saturated rings. The fraction of sp³-hybridized carbons (Fsp3) is 0.909. The molecule has 1 aliphatic rings. The Bertz CT molecular complexity index is 359. The molecule has 0 aromatic rings. The van der Waals surface area contributed by atoms with Gasteiger partial charge in [-0.15, -0.1) is 0 Å². The van der Waals surface area contributed by atoms with Crippen LogP contribution < -0.4 is 11.1 Å². The van der Waals surface area contributed by atoms with E-state index in [9.17, 15) is 13.2 Å². The standard InChI is InChI=1S/C11H22N2O3S/c1-17(15,16)8-7-13-10(14)9-11(12)5-3-2-4-6-11/h2-9,12H2,1H3,(H,13,14). The highest BCUT2D eigenvalue weighted by atomic mass is 32.2. The van der Waals surface area contributed by atoms with E-state index in [2.05, 4.69) is 5.32 Å². The first kappa shape index (κ1) is 14.4. The summed E-state index contributed by atoms with van der Waals surface area (Å²) >= 11 is 0. The zero-order valence-electron chi connectivity index (χ0n) is 10.4. The van der Waals surface area contributed by atoms with Crippen LogP contribution in [0.15, 0.2) is 0 Å². The normalized spacial score (nSPS) is 19.9. The van der Waals surface area contributed by atoms with Gasteiger partial charge in [-0.3, -0.25) is 4.79 Å². The quantitative estimate of drug-likeness (QED) is 0.740. The van der Waals surface area contributed by atoms with Crippen molar-refractivity contribution >= 4 is 15.7 Å². The molecule has 0 heterocycles. The molecule has 3 N–H and O–H groups in total. The molecule has 0 spiro atoms. The lowest BCUT2D eigenvalue weighted by molar-refractivity contribution is -0.122. The average molecular weight is 262 g/mol. The molecule has 5 nitrogen and oxygen atoms in total. The third-order valence-electron chi connectivity index (χ3n) is 3.16. The number of hydrogen-bond acceptors (Lipinski definition) is 4. The fourth-order valence-corrected chi connectivity index (χ4v) is 2.66. The zero-order chi connectivity index (χ0) is 12.9. The SMILES string of the molecule is CS(=O)(=O)CCNC(=O)CC1(N)CCCCC1. The molecule has 0 aliphatic heterocycles. The van der Waals surface area contributed by atoms with Crippen LogP contribution in [0.2, 0.25) is 0 Å². The number of amides is 1. The van der Waals surface area contributed by atoms with Gasteiger partial charge in [0.15, 0.2) is 0 Å². The summed E-state index contributed by atoms with van der Waals surface area (Å²) in [7, 11) is -3.01. The number of nitrogens with two attached hydrogens (primary N) is 1. The smallest absolute Gasteiger partial charge is 0.221 e. The van der Waals surface area contributed by atoms with Crippen LogP contribution in [0, 0.1) is 0 Å². The second-order valence-electron chi connectivity index (χ2n) is 5.08. The minimum Gasteiger partial charge on any atom is -0.355 e. The molecule has 1 aliphatic carbocycles. The van der Waals surface area contributed by atoms with Crippen molar-refractivity contribution in [3.63, 3.8) is 0 Å². The Balaban J connectivity index is 2.29. The summed E-state index contributed by atoms with van der Waals surface area (Å²) in [6.45, 7) is 0.174. The van der Waals surface area contributed by atoms with Crippen molar-refractivity contribution in [2.45, 2.75) is 44.1 Å². The highest BCUT2D eigenvalue weighted by Gasteiger charge is 2.29. The maximum Gasteiger partial charge on any atom is 0.221 e. The summed E-state index contributed by atoms with van der Waals surface area (Å²) < 4.78 is 21.8. The molecule has 0 saturated heterocycles. The second-order valence-corrected chi connectivity index (χ2v) is 7.34. The highest BCUT2D eigenvalue weighted by Crippen LogP contribution is 2.28. The van der Waals surface area contributed by atoms with Gasteiger partial charge in [-0.2, -0.15) is 0 Å². The molecule has 1 rings (SSSR count). The van der Waals surface area contributed by atoms with E-state index in [0.717, 1.165) is 31.9 Å². The Labute approximate surface area is 103 Å². The number of carbonyl (C=O) groups is 1. The Morgan fingerprint density at radius 3 is 2.41 bits per heavy atom. The number of hydrogen-bond donors (Lipinski definition) is 2. The molecule has 1 amide bonds. The van der Waals surface area contributed by atoms with Crippen LogP contribution in [0.5, 0.6) is 0 Å². The van der Waals surface area contributed by atoms with Gasteiger partial charge in [-0.1, -0.05) is 19.3 Å². The van der Waals surface area contributed by atoms with E-state index in [1.54, 1.807) is 0 Å². The van der Waals surface area contributed by atoms with Crippen molar-refractivity contribution in [2.75, 3.05) is 18.6 Å². The summed E-state index contributed by atoms with van der Waals surface area (Å²) in [5.41, 5.74) is 5.76. The van der Waals surface area contributed by atoms with Gasteiger partial charge in [-0.25, -0.2) is 8.42 Å². The van der Waals surface area contributed by atoms with Gasteiger partial charge >= 0.3 is 0 Å². The van der Waals surface area contributed by atoms with E-state index in [0.29, 0.717) is 6.42 Å². The number of rotatable bonds is 5. The van der Waals surface area contributed by atoms with Gasteiger partial charge in [-0.05, 0) is 12.8 Å². The van der Waals surface area contributed by atoms with E-state index >= 15 is 0 Å². The van der Waals surface area contributed by atoms with E-state index < -0.39 is 9.84 Å². The van der Waals surface area contributed by atoms with Crippen LogP contribution in [0.25, 0.3) is 0 Å². The van der Waals surface area contributed by atoms with Crippen LogP contribution in [0.1, 0.15) is 38.5 Å². The zero-order valence-corrected chi connectivity index (χ0v) is 11.2. The van der Waals surface area contributed by atoms with Crippen molar-refractivity contribution in [2.24, 2.45) is 5.73 Å². The summed E-state index contributed by atoms with van der Waals surface area (Å²) in [6, 6.07) is 0. The topological polar surface area (TPSA) is 89.3 Å². The Morgan fingerprint density at radius 1 is 1.29 bits per heavy atom. The molecule has 17 heavy (non-hydrogen) atoms. The molecule has 0 aromatic carbocycles. The van der Waals surface area contributed by atoms with Gasteiger partial charge < -0.3 is 11.1 Å². The molecule has 0 atom stereocenters. The lowest BCUT2D eigenvalue weighted by Crippen LogP contribution is -2.46. The highest BCUT2D eigenvalue weighted by molar-refractivity contribution is 7.90. The van der Waals surface area contributed by atoms with Gasteiger partial charge in [0.1, 0.15) is 9.84 Å². The van der Waals surface area contributed by atoms with Crippen molar-refractivity contribution < 1.29 is 13.2 Å². The number of nitrogens with one attached hydrogen (secondary N) is 1. The lowest BCUT2D eigenvalue weighted by Gasteiger charge is -2.32. The summed E-state index contributed by atoms with van der Waals surface area (Å²) in [5, 5.41) is 2.61. The summed E-state index contributed by atoms with van der Waals surface area (Å²) in [4.78, 5) is 11.6. The molecular formula is C11H22N2O3S. The van der Waals surface area contributed by atoms with Crippen LogP contribution in [0.4, 0.5) is 0 Å². The van der Waals surface area contributed by atoms with Crippen molar-refractivity contribution in [1.82, 2.24) is 5.32 Å². The van der Waals surface area contributed by atoms with Crippen LogP contribution in [0.3, 0.4) is 0 Å². The molecular weight excluding hydrogens is 240 g/mol. The van der Waals surface area contributed by atoms with E-state index in [1.165, 1.54) is 6.42 Å². The van der Waals surface area contributed by atoms with Crippen LogP contribution in [-0.2, 0) is 14.6 Å².